The van der Waals surface area contributed by atoms with Crippen LogP contribution >= 0.6 is 0 Å². The van der Waals surface area contributed by atoms with Gasteiger partial charge in [0.25, 0.3) is 17.3 Å². The molecule has 1 heterocycles. The van der Waals surface area contributed by atoms with Gasteiger partial charge in [-0.25, -0.2) is 0 Å². The first-order valence-electron chi connectivity index (χ1n) is 9.22. The zero-order chi connectivity index (χ0) is 21.8. The summed E-state index contributed by atoms with van der Waals surface area (Å²) in [7, 11) is 0. The van der Waals surface area contributed by atoms with Crippen molar-refractivity contribution >= 4 is 17.3 Å². The van der Waals surface area contributed by atoms with Gasteiger partial charge in [0.05, 0.1) is 10.8 Å². The molecule has 3 rings (SSSR count). The molecule has 10 heteroatoms. The summed E-state index contributed by atoms with van der Waals surface area (Å²) in [6.45, 7) is 5.80. The highest BCUT2D eigenvalue weighted by molar-refractivity contribution is 5.99. The van der Waals surface area contributed by atoms with Gasteiger partial charge in [0.1, 0.15) is 0 Å². The van der Waals surface area contributed by atoms with Gasteiger partial charge in [0.2, 0.25) is 0 Å². The van der Waals surface area contributed by atoms with Gasteiger partial charge in [-0.3, -0.25) is 14.9 Å². The van der Waals surface area contributed by atoms with E-state index < -0.39 is 28.6 Å². The lowest BCUT2D eigenvalue weighted by Crippen LogP contribution is -2.62. The number of rotatable bonds is 2. The fraction of sp³-hybridized carbons (Fsp3) is 0.579. The molecule has 1 N–H and O–H groups in total. The lowest BCUT2D eigenvalue weighted by atomic mass is 9.66. The molecule has 1 aliphatic carbocycles. The minimum absolute atomic E-state index is 0.0579. The van der Waals surface area contributed by atoms with Crippen LogP contribution < -0.4 is 0 Å². The molecular formula is C19H22F3N3O4. The van der Waals surface area contributed by atoms with Crippen molar-refractivity contribution in [3.63, 3.8) is 0 Å². The molecule has 0 bridgehead atoms. The number of hydrogen-bond acceptors (Lipinski definition) is 5. The number of hydrazone groups is 1. The van der Waals surface area contributed by atoms with Crippen LogP contribution in [-0.2, 0) is 0 Å². The van der Waals surface area contributed by atoms with Crippen molar-refractivity contribution in [3.8, 4) is 0 Å². The summed E-state index contributed by atoms with van der Waals surface area (Å²) < 4.78 is 42.1. The number of carbonyl (C=O) groups excluding carboxylic acids is 1. The van der Waals surface area contributed by atoms with E-state index in [1.54, 1.807) is 0 Å². The highest BCUT2D eigenvalue weighted by Gasteiger charge is 2.69. The zero-order valence-corrected chi connectivity index (χ0v) is 16.2. The van der Waals surface area contributed by atoms with Crippen LogP contribution in [0.25, 0.3) is 0 Å². The first kappa shape index (κ1) is 21.2. The van der Waals surface area contributed by atoms with Gasteiger partial charge in [-0.2, -0.15) is 23.3 Å². The molecule has 158 valence electrons. The average Bonchev–Trinajstić information content (AvgIpc) is 2.94. The first-order chi connectivity index (χ1) is 13.3. The third-order valence-corrected chi connectivity index (χ3v) is 5.87. The van der Waals surface area contributed by atoms with Gasteiger partial charge < -0.3 is 5.11 Å². The molecule has 0 aromatic heterocycles. The zero-order valence-electron chi connectivity index (χ0n) is 16.2. The Morgan fingerprint density at radius 1 is 1.28 bits per heavy atom. The number of hydrogen-bond donors (Lipinski definition) is 1. The minimum atomic E-state index is -5.13. The Kier molecular flexibility index (Phi) is 4.97. The Morgan fingerprint density at radius 3 is 2.34 bits per heavy atom. The summed E-state index contributed by atoms with van der Waals surface area (Å²) in [5.74, 6) is -2.58. The van der Waals surface area contributed by atoms with Crippen molar-refractivity contribution < 1.29 is 28.0 Å². The SMILES string of the molecule is CC(C)(C)[C@@H]1CCC2=NN(C(=O)c3ccc([N+](=O)[O-])cc3)[C@@](O)(C(F)(F)F)[C@@H]2C1. The van der Waals surface area contributed by atoms with Crippen LogP contribution in [0.15, 0.2) is 29.4 Å². The van der Waals surface area contributed by atoms with E-state index in [1.807, 2.05) is 20.8 Å². The Balaban J connectivity index is 1.99. The van der Waals surface area contributed by atoms with Crippen LogP contribution in [0.5, 0.6) is 0 Å². The number of benzene rings is 1. The lowest BCUT2D eigenvalue weighted by molar-refractivity contribution is -0.384. The topological polar surface area (TPSA) is 96.0 Å². The summed E-state index contributed by atoms with van der Waals surface area (Å²) >= 11 is 0. The molecule has 0 radical (unpaired) electrons. The summed E-state index contributed by atoms with van der Waals surface area (Å²) in [4.78, 5) is 22.9. The van der Waals surface area contributed by atoms with Gasteiger partial charge >= 0.3 is 6.18 Å². The fourth-order valence-corrected chi connectivity index (χ4v) is 4.06. The smallest absolute Gasteiger partial charge is 0.362 e. The Labute approximate surface area is 165 Å². The number of nitrogens with zero attached hydrogens (tertiary/aromatic N) is 3. The van der Waals surface area contributed by atoms with E-state index in [1.165, 1.54) is 0 Å². The van der Waals surface area contributed by atoms with Gasteiger partial charge in [0.15, 0.2) is 0 Å². The lowest BCUT2D eigenvalue weighted by Gasteiger charge is -2.42. The fourth-order valence-electron chi connectivity index (χ4n) is 4.06. The Morgan fingerprint density at radius 2 is 1.86 bits per heavy atom. The molecule has 0 spiro atoms. The van der Waals surface area contributed by atoms with E-state index in [-0.39, 0.29) is 46.1 Å². The number of fused-ring (bicyclic) bond motifs is 1. The van der Waals surface area contributed by atoms with Crippen LogP contribution in [0.3, 0.4) is 0 Å². The van der Waals surface area contributed by atoms with Crippen molar-refractivity contribution in [2.24, 2.45) is 22.4 Å². The summed E-state index contributed by atoms with van der Waals surface area (Å²) in [5.41, 5.74) is -4.09. The normalized spacial score (nSPS) is 27.4. The number of nitro groups is 1. The predicted molar refractivity (Wildman–Crippen MR) is 98.0 cm³/mol. The quantitative estimate of drug-likeness (QED) is 0.583. The van der Waals surface area contributed by atoms with Crippen molar-refractivity contribution in [3.05, 3.63) is 39.9 Å². The van der Waals surface area contributed by atoms with Crippen molar-refractivity contribution in [1.29, 1.82) is 0 Å². The molecule has 0 unspecified atom stereocenters. The number of non-ortho nitro benzene ring substituents is 1. The average molecular weight is 413 g/mol. The molecule has 1 saturated carbocycles. The van der Waals surface area contributed by atoms with E-state index >= 15 is 0 Å². The van der Waals surface area contributed by atoms with Gasteiger partial charge in [-0.1, -0.05) is 20.8 Å². The summed E-state index contributed by atoms with van der Waals surface area (Å²) in [6, 6.07) is 4.15. The minimum Gasteiger partial charge on any atom is -0.362 e. The predicted octanol–water partition coefficient (Wildman–Crippen LogP) is 4.12. The maximum absolute atomic E-state index is 14.0. The third kappa shape index (κ3) is 3.50. The van der Waals surface area contributed by atoms with Gasteiger partial charge in [-0.15, -0.1) is 0 Å². The maximum Gasteiger partial charge on any atom is 0.439 e. The number of amides is 1. The van der Waals surface area contributed by atoms with Crippen molar-refractivity contribution in [2.45, 2.75) is 51.9 Å². The Hall–Kier alpha value is -2.49. The largest absolute Gasteiger partial charge is 0.439 e. The van der Waals surface area contributed by atoms with E-state index in [4.69, 9.17) is 0 Å². The van der Waals surface area contributed by atoms with E-state index in [2.05, 4.69) is 5.10 Å². The van der Waals surface area contributed by atoms with E-state index in [9.17, 15) is 33.2 Å². The second-order valence-electron chi connectivity index (χ2n) is 8.63. The number of carbonyl (C=O) groups is 1. The Bertz CT molecular complexity index is 861. The molecule has 2 aliphatic rings. The second kappa shape index (κ2) is 6.79. The monoisotopic (exact) mass is 413 g/mol. The van der Waals surface area contributed by atoms with E-state index in [0.29, 0.717) is 6.42 Å². The molecule has 1 amide bonds. The molecule has 29 heavy (non-hydrogen) atoms. The molecule has 7 nitrogen and oxygen atoms in total. The highest BCUT2D eigenvalue weighted by atomic mass is 19.4. The van der Waals surface area contributed by atoms with Gasteiger partial charge in [0, 0.05) is 23.4 Å². The second-order valence-corrected chi connectivity index (χ2v) is 8.63. The number of aliphatic hydroxyl groups is 1. The molecular weight excluding hydrogens is 391 g/mol. The summed E-state index contributed by atoms with van der Waals surface area (Å²) in [5, 5.41) is 25.5. The molecule has 3 atom stereocenters. The highest BCUT2D eigenvalue weighted by Crippen LogP contribution is 2.52. The number of alkyl halides is 3. The van der Waals surface area contributed by atoms with Crippen LogP contribution in [0.4, 0.5) is 18.9 Å². The van der Waals surface area contributed by atoms with Crippen LogP contribution in [0.2, 0.25) is 0 Å². The van der Waals surface area contributed by atoms with Crippen molar-refractivity contribution in [2.75, 3.05) is 0 Å². The van der Waals surface area contributed by atoms with Crippen LogP contribution in [-0.4, -0.2) is 38.6 Å². The van der Waals surface area contributed by atoms with Gasteiger partial charge in [-0.05, 0) is 42.7 Å². The number of halogens is 3. The first-order valence-corrected chi connectivity index (χ1v) is 9.22. The summed E-state index contributed by atoms with van der Waals surface area (Å²) in [6.07, 6.45) is -4.19. The number of nitro benzene ring substituents is 1. The molecule has 0 saturated heterocycles. The standard InChI is InChI=1S/C19H22F3N3O4/c1-17(2,3)12-6-9-15-14(10-12)18(27,19(20,21)22)24(23-15)16(26)11-4-7-13(8-5-11)25(28)29/h4-5,7-8,12,14,27H,6,9-10H2,1-3H3/t12-,14-,18+/m1/s1. The molecule has 1 aliphatic heterocycles. The third-order valence-electron chi connectivity index (χ3n) is 5.87. The van der Waals surface area contributed by atoms with Crippen LogP contribution in [0.1, 0.15) is 50.4 Å². The molecule has 1 fully saturated rings. The van der Waals surface area contributed by atoms with E-state index in [0.717, 1.165) is 24.3 Å². The van der Waals surface area contributed by atoms with Crippen LogP contribution in [0, 0.1) is 27.4 Å². The molecule has 1 aromatic carbocycles. The maximum atomic E-state index is 14.0. The van der Waals surface area contributed by atoms with Crippen molar-refractivity contribution in [1.82, 2.24) is 5.01 Å². The molecule has 1 aromatic rings.